The number of nitrogens with one attached hydrogen (secondary N) is 2. The lowest BCUT2D eigenvalue weighted by Crippen LogP contribution is -2.53. The molecule has 0 radical (unpaired) electrons. The predicted molar refractivity (Wildman–Crippen MR) is 76.3 cm³/mol. The first kappa shape index (κ1) is 18.4. The number of carbonyl (C=O) groups excluding carboxylic acids is 3. The molecule has 1 saturated heterocycles. The zero-order chi connectivity index (χ0) is 15.7. The molecular formula is C13H26N4O3. The molecule has 0 aliphatic carbocycles. The fourth-order valence-electron chi connectivity index (χ4n) is 2.01. The summed E-state index contributed by atoms with van der Waals surface area (Å²) in [6.45, 7) is 7.71. The van der Waals surface area contributed by atoms with E-state index in [9.17, 15) is 14.4 Å². The third-order valence-electron chi connectivity index (χ3n) is 2.77. The van der Waals surface area contributed by atoms with E-state index in [1.807, 2.05) is 0 Å². The molecule has 0 aromatic carbocycles. The largest absolute Gasteiger partial charge is 0.345 e. The number of carbonyl (C=O) groups is 3. The van der Waals surface area contributed by atoms with Crippen molar-refractivity contribution in [2.24, 2.45) is 5.84 Å². The number of hydrogen-bond acceptors (Lipinski definition) is 4. The normalized spacial score (nSPS) is 18.6. The number of likely N-dealkylation sites (tertiary alicyclic amines) is 1. The molecule has 0 aromatic rings. The molecule has 7 nitrogen and oxygen atoms in total. The molecule has 1 fully saturated rings. The van der Waals surface area contributed by atoms with Gasteiger partial charge in [-0.2, -0.15) is 0 Å². The van der Waals surface area contributed by atoms with Crippen molar-refractivity contribution in [1.82, 2.24) is 15.6 Å². The van der Waals surface area contributed by atoms with Crippen molar-refractivity contribution in [2.75, 3.05) is 6.54 Å². The summed E-state index contributed by atoms with van der Waals surface area (Å²) in [7, 11) is 0. The van der Waals surface area contributed by atoms with Crippen LogP contribution in [0, 0.1) is 0 Å². The first-order valence-electron chi connectivity index (χ1n) is 6.96. The van der Waals surface area contributed by atoms with Gasteiger partial charge in [-0.1, -0.05) is 20.3 Å². The molecule has 1 heterocycles. The highest BCUT2D eigenvalue weighted by Crippen LogP contribution is 2.18. The maximum atomic E-state index is 12.0. The molecule has 0 aromatic heterocycles. The number of nitrogens with zero attached hydrogens (tertiary/aromatic N) is 1. The van der Waals surface area contributed by atoms with Crippen molar-refractivity contribution in [3.8, 4) is 0 Å². The second-order valence-electron chi connectivity index (χ2n) is 4.83. The lowest BCUT2D eigenvalue weighted by molar-refractivity contribution is -0.140. The van der Waals surface area contributed by atoms with Gasteiger partial charge in [0, 0.05) is 13.5 Å². The van der Waals surface area contributed by atoms with Crippen LogP contribution in [0.15, 0.2) is 0 Å². The average Bonchev–Trinajstić information content (AvgIpc) is 2.86. The molecule has 3 amide bonds. The fourth-order valence-corrected chi connectivity index (χ4v) is 2.01. The van der Waals surface area contributed by atoms with Crippen LogP contribution in [0.1, 0.15) is 47.0 Å². The minimum absolute atomic E-state index is 0.258. The van der Waals surface area contributed by atoms with Gasteiger partial charge >= 0.3 is 0 Å². The monoisotopic (exact) mass is 286 g/mol. The van der Waals surface area contributed by atoms with Gasteiger partial charge in [0.25, 0.3) is 5.91 Å². The van der Waals surface area contributed by atoms with E-state index in [0.717, 1.165) is 6.42 Å². The Morgan fingerprint density at radius 2 is 1.90 bits per heavy atom. The average molecular weight is 286 g/mol. The standard InChI is InChI=1S/C10H18N4O3.C3H8/c1-6(12-7(2)15)10(17)14-5-3-4-8(14)9(16)13-11;1-3-2/h6,8H,3-5,11H2,1-2H3,(H,12,15)(H,13,16);3H2,1-2H3/t6-,8-;/m0./s1. The minimum atomic E-state index is -0.626. The number of hydrazine groups is 1. The van der Waals surface area contributed by atoms with Crippen molar-refractivity contribution >= 4 is 17.7 Å². The van der Waals surface area contributed by atoms with E-state index < -0.39 is 12.1 Å². The fraction of sp³-hybridized carbons (Fsp3) is 0.769. The van der Waals surface area contributed by atoms with E-state index in [1.165, 1.54) is 18.2 Å². The van der Waals surface area contributed by atoms with Gasteiger partial charge in [-0.25, -0.2) is 5.84 Å². The van der Waals surface area contributed by atoms with Gasteiger partial charge in [-0.15, -0.1) is 0 Å². The molecule has 1 aliphatic rings. The predicted octanol–water partition coefficient (Wildman–Crippen LogP) is -0.0918. The Labute approximate surface area is 120 Å². The Bertz CT molecular complexity index is 347. The van der Waals surface area contributed by atoms with Crippen LogP contribution < -0.4 is 16.6 Å². The van der Waals surface area contributed by atoms with Gasteiger partial charge in [0.2, 0.25) is 11.8 Å². The molecule has 7 heteroatoms. The Kier molecular flexibility index (Phi) is 8.54. The highest BCUT2D eigenvalue weighted by molar-refractivity contribution is 5.91. The summed E-state index contributed by atoms with van der Waals surface area (Å²) in [5.41, 5.74) is 2.05. The molecule has 4 N–H and O–H groups in total. The highest BCUT2D eigenvalue weighted by atomic mass is 16.2. The third-order valence-corrected chi connectivity index (χ3v) is 2.77. The zero-order valence-corrected chi connectivity index (χ0v) is 12.7. The number of hydrogen-bond donors (Lipinski definition) is 3. The summed E-state index contributed by atoms with van der Waals surface area (Å²) in [6.07, 6.45) is 2.61. The maximum Gasteiger partial charge on any atom is 0.256 e. The third kappa shape index (κ3) is 5.56. The van der Waals surface area contributed by atoms with Crippen LogP contribution in [0.25, 0.3) is 0 Å². The van der Waals surface area contributed by atoms with Crippen molar-refractivity contribution < 1.29 is 14.4 Å². The van der Waals surface area contributed by atoms with Gasteiger partial charge in [-0.05, 0) is 19.8 Å². The highest BCUT2D eigenvalue weighted by Gasteiger charge is 2.35. The number of rotatable bonds is 3. The minimum Gasteiger partial charge on any atom is -0.345 e. The maximum absolute atomic E-state index is 12.0. The van der Waals surface area contributed by atoms with Crippen molar-refractivity contribution in [3.05, 3.63) is 0 Å². The van der Waals surface area contributed by atoms with Crippen molar-refractivity contribution in [2.45, 2.75) is 59.0 Å². The van der Waals surface area contributed by atoms with E-state index in [2.05, 4.69) is 24.6 Å². The molecular weight excluding hydrogens is 260 g/mol. The summed E-state index contributed by atoms with van der Waals surface area (Å²) < 4.78 is 0. The van der Waals surface area contributed by atoms with Crippen LogP contribution in [0.5, 0.6) is 0 Å². The second kappa shape index (κ2) is 9.30. The van der Waals surface area contributed by atoms with Crippen LogP contribution in [-0.2, 0) is 14.4 Å². The molecule has 2 atom stereocenters. The van der Waals surface area contributed by atoms with Gasteiger partial charge in [0.15, 0.2) is 0 Å². The first-order valence-corrected chi connectivity index (χ1v) is 6.96. The van der Waals surface area contributed by atoms with Gasteiger partial charge in [0.05, 0.1) is 0 Å². The van der Waals surface area contributed by atoms with Crippen LogP contribution >= 0.6 is 0 Å². The smallest absolute Gasteiger partial charge is 0.256 e. The molecule has 0 unspecified atom stereocenters. The van der Waals surface area contributed by atoms with Crippen LogP contribution in [0.2, 0.25) is 0 Å². The summed E-state index contributed by atoms with van der Waals surface area (Å²) >= 11 is 0. The summed E-state index contributed by atoms with van der Waals surface area (Å²) in [5, 5.41) is 2.50. The zero-order valence-electron chi connectivity index (χ0n) is 12.7. The van der Waals surface area contributed by atoms with Crippen LogP contribution in [-0.4, -0.2) is 41.2 Å². The molecule has 0 bridgehead atoms. The lowest BCUT2D eigenvalue weighted by Gasteiger charge is -2.26. The number of amides is 3. The quantitative estimate of drug-likeness (QED) is 0.383. The van der Waals surface area contributed by atoms with Crippen molar-refractivity contribution in [3.63, 3.8) is 0 Å². The SMILES string of the molecule is CC(=O)N[C@@H](C)C(=O)N1CCC[C@H]1C(=O)NN.CCC. The summed E-state index contributed by atoms with van der Waals surface area (Å²) in [6, 6.07) is -1.15. The Morgan fingerprint density at radius 3 is 2.35 bits per heavy atom. The Morgan fingerprint density at radius 1 is 1.35 bits per heavy atom. The van der Waals surface area contributed by atoms with Crippen molar-refractivity contribution in [1.29, 1.82) is 0 Å². The molecule has 116 valence electrons. The van der Waals surface area contributed by atoms with Gasteiger partial charge in [0.1, 0.15) is 12.1 Å². The van der Waals surface area contributed by atoms with E-state index in [4.69, 9.17) is 5.84 Å². The topological polar surface area (TPSA) is 105 Å². The summed E-state index contributed by atoms with van der Waals surface area (Å²) in [5.74, 6) is 4.16. The van der Waals surface area contributed by atoms with E-state index in [-0.39, 0.29) is 17.7 Å². The molecule has 1 rings (SSSR count). The Balaban J connectivity index is 0.00000110. The molecule has 20 heavy (non-hydrogen) atoms. The van der Waals surface area contributed by atoms with E-state index >= 15 is 0 Å². The lowest BCUT2D eigenvalue weighted by atomic mass is 10.2. The van der Waals surface area contributed by atoms with E-state index in [1.54, 1.807) is 6.92 Å². The van der Waals surface area contributed by atoms with Crippen LogP contribution in [0.3, 0.4) is 0 Å². The molecule has 1 aliphatic heterocycles. The number of nitrogens with two attached hydrogens (primary N) is 1. The Hall–Kier alpha value is -1.63. The summed E-state index contributed by atoms with van der Waals surface area (Å²) in [4.78, 5) is 35.8. The van der Waals surface area contributed by atoms with Gasteiger partial charge in [-0.3, -0.25) is 19.8 Å². The van der Waals surface area contributed by atoms with E-state index in [0.29, 0.717) is 13.0 Å². The molecule has 0 spiro atoms. The van der Waals surface area contributed by atoms with Crippen LogP contribution in [0.4, 0.5) is 0 Å². The first-order chi connectivity index (χ1) is 9.38. The van der Waals surface area contributed by atoms with Gasteiger partial charge < -0.3 is 10.2 Å². The molecule has 0 saturated carbocycles. The second-order valence-corrected chi connectivity index (χ2v) is 4.83.